The van der Waals surface area contributed by atoms with E-state index in [-0.39, 0.29) is 12.4 Å². The molecule has 0 amide bonds. The van der Waals surface area contributed by atoms with Crippen LogP contribution in [0, 0.1) is 0 Å². The average Bonchev–Trinajstić information content (AvgIpc) is 2.92. The van der Waals surface area contributed by atoms with E-state index in [9.17, 15) is 4.79 Å². The third kappa shape index (κ3) is 3.00. The molecule has 3 rings (SSSR count). The zero-order valence-corrected chi connectivity index (χ0v) is 12.2. The summed E-state index contributed by atoms with van der Waals surface area (Å²) in [6, 6.07) is 13.4. The highest BCUT2D eigenvalue weighted by Gasteiger charge is 2.02. The predicted octanol–water partition coefficient (Wildman–Crippen LogP) is 2.34. The average molecular weight is 299 g/mol. The largest absolute Gasteiger partial charge is 0.469 e. The van der Waals surface area contributed by atoms with Gasteiger partial charge in [0.2, 0.25) is 4.80 Å². The van der Waals surface area contributed by atoms with Crippen LogP contribution < -0.4 is 4.80 Å². The molecule has 2 heterocycles. The van der Waals surface area contributed by atoms with Gasteiger partial charge in [-0.25, -0.2) is 4.99 Å². The van der Waals surface area contributed by atoms with E-state index in [1.165, 1.54) is 18.6 Å². The van der Waals surface area contributed by atoms with Gasteiger partial charge in [-0.05, 0) is 29.8 Å². The molecule has 0 aliphatic heterocycles. The summed E-state index contributed by atoms with van der Waals surface area (Å²) >= 11 is 1.35. The number of methoxy groups -OCH3 is 1. The van der Waals surface area contributed by atoms with Gasteiger partial charge in [-0.15, -0.1) is 0 Å². The molecule has 0 atom stereocenters. The Kier molecular flexibility index (Phi) is 3.79. The number of benzene rings is 1. The third-order valence-electron chi connectivity index (χ3n) is 3.00. The number of pyridine rings is 1. The normalized spacial score (nSPS) is 11.8. The van der Waals surface area contributed by atoms with Gasteiger partial charge in [0, 0.05) is 17.7 Å². The van der Waals surface area contributed by atoms with Crippen molar-refractivity contribution in [2.45, 2.75) is 6.42 Å². The van der Waals surface area contributed by atoms with Gasteiger partial charge in [-0.2, -0.15) is 4.37 Å². The fourth-order valence-corrected chi connectivity index (χ4v) is 2.63. The molecule has 0 fully saturated rings. The Hall–Kier alpha value is -2.47. The molecule has 5 nitrogen and oxygen atoms in total. The zero-order chi connectivity index (χ0) is 14.7. The van der Waals surface area contributed by atoms with Crippen molar-refractivity contribution in [2.75, 3.05) is 7.11 Å². The van der Waals surface area contributed by atoms with Crippen molar-refractivity contribution in [1.29, 1.82) is 0 Å². The first-order valence-corrected chi connectivity index (χ1v) is 7.17. The van der Waals surface area contributed by atoms with Gasteiger partial charge in [0.05, 0.1) is 19.2 Å². The second-order valence-electron chi connectivity index (χ2n) is 4.43. The summed E-state index contributed by atoms with van der Waals surface area (Å²) in [5.41, 5.74) is 2.61. The van der Waals surface area contributed by atoms with E-state index < -0.39 is 0 Å². The lowest BCUT2D eigenvalue weighted by Gasteiger charge is -2.00. The molecule has 21 heavy (non-hydrogen) atoms. The maximum atomic E-state index is 11.2. The van der Waals surface area contributed by atoms with Crippen LogP contribution >= 0.6 is 11.5 Å². The molecule has 0 unspecified atom stereocenters. The zero-order valence-electron chi connectivity index (χ0n) is 11.4. The highest BCUT2D eigenvalue weighted by molar-refractivity contribution is 7.03. The van der Waals surface area contributed by atoms with Crippen molar-refractivity contribution < 1.29 is 9.53 Å². The van der Waals surface area contributed by atoms with Gasteiger partial charge in [0.25, 0.3) is 0 Å². The maximum Gasteiger partial charge on any atom is 0.309 e. The van der Waals surface area contributed by atoms with Crippen molar-refractivity contribution in [3.05, 3.63) is 59.0 Å². The molecule has 0 bridgehead atoms. The minimum atomic E-state index is -0.247. The number of aromatic nitrogens is 2. The van der Waals surface area contributed by atoms with Crippen molar-refractivity contribution in [3.8, 4) is 0 Å². The summed E-state index contributed by atoms with van der Waals surface area (Å²) in [4.78, 5) is 16.6. The smallest absolute Gasteiger partial charge is 0.309 e. The first kappa shape index (κ1) is 13.5. The molecule has 1 aromatic carbocycles. The van der Waals surface area contributed by atoms with Crippen LogP contribution in [0.4, 0.5) is 5.69 Å². The van der Waals surface area contributed by atoms with E-state index in [0.29, 0.717) is 0 Å². The Balaban J connectivity index is 1.91. The topological polar surface area (TPSA) is 56.0 Å². The van der Waals surface area contributed by atoms with Crippen LogP contribution in [0.5, 0.6) is 0 Å². The van der Waals surface area contributed by atoms with Gasteiger partial charge >= 0.3 is 5.97 Å². The molecule has 3 aromatic rings. The number of rotatable bonds is 3. The van der Waals surface area contributed by atoms with Crippen LogP contribution in [0.2, 0.25) is 0 Å². The van der Waals surface area contributed by atoms with E-state index in [1.807, 2.05) is 53.1 Å². The van der Waals surface area contributed by atoms with E-state index >= 15 is 0 Å². The summed E-state index contributed by atoms with van der Waals surface area (Å²) in [7, 11) is 1.39. The number of carbonyl (C=O) groups is 1. The molecule has 2 aromatic heterocycles. The predicted molar refractivity (Wildman–Crippen MR) is 80.5 cm³/mol. The Morgan fingerprint density at radius 2 is 2.10 bits per heavy atom. The van der Waals surface area contributed by atoms with Crippen LogP contribution in [-0.2, 0) is 16.0 Å². The number of hydrogen-bond donors (Lipinski definition) is 0. The highest BCUT2D eigenvalue weighted by Crippen LogP contribution is 2.13. The summed E-state index contributed by atoms with van der Waals surface area (Å²) in [5.74, 6) is -0.247. The molecular weight excluding hydrogens is 286 g/mol. The van der Waals surface area contributed by atoms with Crippen molar-refractivity contribution >= 4 is 28.8 Å². The Morgan fingerprint density at radius 3 is 2.86 bits per heavy atom. The first-order valence-electron chi connectivity index (χ1n) is 6.40. The summed E-state index contributed by atoms with van der Waals surface area (Å²) < 4.78 is 10.9. The van der Waals surface area contributed by atoms with Crippen LogP contribution in [-0.4, -0.2) is 21.9 Å². The van der Waals surface area contributed by atoms with Gasteiger partial charge in [0.15, 0.2) is 5.65 Å². The van der Waals surface area contributed by atoms with Gasteiger partial charge in [-0.1, -0.05) is 18.2 Å². The van der Waals surface area contributed by atoms with Gasteiger partial charge in [0.1, 0.15) is 0 Å². The van der Waals surface area contributed by atoms with Crippen LogP contribution in [0.25, 0.3) is 5.65 Å². The van der Waals surface area contributed by atoms with E-state index in [4.69, 9.17) is 0 Å². The lowest BCUT2D eigenvalue weighted by molar-refractivity contribution is -0.139. The monoisotopic (exact) mass is 299 g/mol. The number of carbonyl (C=O) groups excluding carboxylic acids is 1. The van der Waals surface area contributed by atoms with Crippen molar-refractivity contribution in [2.24, 2.45) is 4.99 Å². The number of fused-ring (bicyclic) bond motifs is 1. The molecule has 0 spiro atoms. The van der Waals surface area contributed by atoms with Gasteiger partial charge in [-0.3, -0.25) is 9.20 Å². The number of esters is 1. The quantitative estimate of drug-likeness (QED) is 0.698. The molecule has 106 valence electrons. The lowest BCUT2D eigenvalue weighted by Crippen LogP contribution is -2.05. The molecule has 0 saturated carbocycles. The van der Waals surface area contributed by atoms with Crippen LogP contribution in [0.15, 0.2) is 53.7 Å². The van der Waals surface area contributed by atoms with E-state index in [1.54, 1.807) is 0 Å². The van der Waals surface area contributed by atoms with Crippen LogP contribution in [0.3, 0.4) is 0 Å². The van der Waals surface area contributed by atoms with Crippen molar-refractivity contribution in [1.82, 2.24) is 8.77 Å². The molecule has 0 radical (unpaired) electrons. The first-order chi connectivity index (χ1) is 10.3. The minimum Gasteiger partial charge on any atom is -0.469 e. The molecule has 6 heteroatoms. The third-order valence-corrected chi connectivity index (χ3v) is 3.73. The second kappa shape index (κ2) is 5.88. The Bertz CT molecular complexity index is 834. The van der Waals surface area contributed by atoms with Crippen LogP contribution in [0.1, 0.15) is 5.56 Å². The molecule has 0 aliphatic rings. The number of ether oxygens (including phenoxy) is 1. The summed E-state index contributed by atoms with van der Waals surface area (Å²) in [6.45, 7) is 0. The number of hydrogen-bond acceptors (Lipinski definition) is 5. The molecular formula is C15H13N3O2S. The SMILES string of the molecule is COC(=O)Cc1ccc(/N=c2/snc3ccccn23)cc1. The van der Waals surface area contributed by atoms with Crippen molar-refractivity contribution in [3.63, 3.8) is 0 Å². The Morgan fingerprint density at radius 1 is 1.29 bits per heavy atom. The fourth-order valence-electron chi connectivity index (χ4n) is 1.91. The van der Waals surface area contributed by atoms with E-state index in [2.05, 4.69) is 14.1 Å². The second-order valence-corrected chi connectivity index (χ2v) is 5.16. The molecule has 0 saturated heterocycles. The summed E-state index contributed by atoms with van der Waals surface area (Å²) in [6.07, 6.45) is 2.21. The van der Waals surface area contributed by atoms with Gasteiger partial charge < -0.3 is 4.74 Å². The lowest BCUT2D eigenvalue weighted by atomic mass is 10.1. The van der Waals surface area contributed by atoms with E-state index in [0.717, 1.165) is 21.7 Å². The minimum absolute atomic E-state index is 0.247. The highest BCUT2D eigenvalue weighted by atomic mass is 32.1. The number of nitrogens with zero attached hydrogens (tertiary/aromatic N) is 3. The Labute approximate surface area is 125 Å². The molecule has 0 N–H and O–H groups in total. The summed E-state index contributed by atoms with van der Waals surface area (Å²) in [5, 5.41) is 0. The fraction of sp³-hybridized carbons (Fsp3) is 0.133. The maximum absolute atomic E-state index is 11.2. The molecule has 0 aliphatic carbocycles. The standard InChI is InChI=1S/C15H13N3O2S/c1-20-14(19)10-11-5-7-12(8-6-11)16-15-18-9-3-2-4-13(18)17-21-15/h2-9H,10H2,1H3/b16-15+.